The van der Waals surface area contributed by atoms with Gasteiger partial charge in [0, 0.05) is 13.5 Å². The highest BCUT2D eigenvalue weighted by atomic mass is 16.4. The molecule has 1 N–H and O–H groups in total. The molecule has 2 rings (SSSR count). The number of pyridine rings is 1. The van der Waals surface area contributed by atoms with E-state index in [4.69, 9.17) is 5.11 Å². The van der Waals surface area contributed by atoms with Crippen LogP contribution in [0.25, 0.3) is 11.2 Å². The van der Waals surface area contributed by atoms with Crippen molar-refractivity contribution in [3.05, 3.63) is 23.7 Å². The maximum Gasteiger partial charge on any atom is 0.354 e. The lowest BCUT2D eigenvalue weighted by molar-refractivity contribution is 0.0691. The highest BCUT2D eigenvalue weighted by molar-refractivity contribution is 5.88. The number of nitrogens with zero attached hydrogens (tertiary/aromatic N) is 3. The first kappa shape index (κ1) is 9.64. The Kier molecular flexibility index (Phi) is 2.15. The highest BCUT2D eigenvalue weighted by Gasteiger charge is 2.11. The molecule has 0 fully saturated rings. The van der Waals surface area contributed by atoms with Crippen LogP contribution in [0.5, 0.6) is 0 Å². The fourth-order valence-corrected chi connectivity index (χ4v) is 1.55. The zero-order chi connectivity index (χ0) is 11.0. The van der Waals surface area contributed by atoms with E-state index in [0.29, 0.717) is 5.65 Å². The fraction of sp³-hybridized carbons (Fsp3) is 0.300. The zero-order valence-electron chi connectivity index (χ0n) is 8.56. The lowest BCUT2D eigenvalue weighted by Crippen LogP contribution is -2.02. The van der Waals surface area contributed by atoms with Crippen molar-refractivity contribution in [1.82, 2.24) is 14.5 Å². The van der Waals surface area contributed by atoms with E-state index in [2.05, 4.69) is 9.97 Å². The first-order chi connectivity index (χ1) is 7.13. The molecule has 0 aromatic carbocycles. The Balaban J connectivity index is 2.70. The number of hydrogen-bond donors (Lipinski definition) is 1. The van der Waals surface area contributed by atoms with E-state index in [9.17, 15) is 4.79 Å². The number of carboxylic acids is 1. The predicted molar refractivity (Wildman–Crippen MR) is 54.8 cm³/mol. The van der Waals surface area contributed by atoms with Crippen molar-refractivity contribution in [1.29, 1.82) is 0 Å². The number of rotatable bonds is 2. The third-order valence-electron chi connectivity index (χ3n) is 2.34. The van der Waals surface area contributed by atoms with E-state index in [1.54, 1.807) is 6.07 Å². The van der Waals surface area contributed by atoms with Gasteiger partial charge in [-0.3, -0.25) is 0 Å². The molecule has 0 unspecified atom stereocenters. The van der Waals surface area contributed by atoms with Crippen LogP contribution in [0.2, 0.25) is 0 Å². The van der Waals surface area contributed by atoms with Gasteiger partial charge in [0.05, 0.1) is 0 Å². The third-order valence-corrected chi connectivity index (χ3v) is 2.34. The summed E-state index contributed by atoms with van der Waals surface area (Å²) in [6, 6.07) is 3.15. The van der Waals surface area contributed by atoms with Crippen molar-refractivity contribution in [2.24, 2.45) is 7.05 Å². The first-order valence-corrected chi connectivity index (χ1v) is 4.69. The molecule has 15 heavy (non-hydrogen) atoms. The first-order valence-electron chi connectivity index (χ1n) is 4.69. The SMILES string of the molecule is CCc1nc2ccc(C(=O)O)nc2n1C. The number of carboxylic acid groups (broad SMARTS) is 1. The molecule has 2 aromatic rings. The van der Waals surface area contributed by atoms with Gasteiger partial charge in [-0.15, -0.1) is 0 Å². The topological polar surface area (TPSA) is 68.0 Å². The van der Waals surface area contributed by atoms with Gasteiger partial charge < -0.3 is 9.67 Å². The van der Waals surface area contributed by atoms with E-state index in [0.717, 1.165) is 17.8 Å². The van der Waals surface area contributed by atoms with Gasteiger partial charge in [-0.25, -0.2) is 14.8 Å². The molecule has 0 aliphatic carbocycles. The maximum atomic E-state index is 10.7. The average Bonchev–Trinajstić information content (AvgIpc) is 2.55. The van der Waals surface area contributed by atoms with Gasteiger partial charge in [-0.1, -0.05) is 6.92 Å². The van der Waals surface area contributed by atoms with Gasteiger partial charge >= 0.3 is 5.97 Å². The second-order valence-electron chi connectivity index (χ2n) is 3.28. The Morgan fingerprint density at radius 3 is 2.80 bits per heavy atom. The molecule has 2 heterocycles. The molecule has 0 radical (unpaired) electrons. The number of aromatic carboxylic acids is 1. The minimum absolute atomic E-state index is 0.0492. The molecule has 5 nitrogen and oxygen atoms in total. The summed E-state index contributed by atoms with van der Waals surface area (Å²) in [6.45, 7) is 2.00. The number of aromatic nitrogens is 3. The van der Waals surface area contributed by atoms with Crippen LogP contribution in [0.1, 0.15) is 23.2 Å². The summed E-state index contributed by atoms with van der Waals surface area (Å²) >= 11 is 0. The van der Waals surface area contributed by atoms with Crippen LogP contribution in [0.15, 0.2) is 12.1 Å². The molecule has 0 amide bonds. The van der Waals surface area contributed by atoms with Gasteiger partial charge in [-0.2, -0.15) is 0 Å². The summed E-state index contributed by atoms with van der Waals surface area (Å²) in [5, 5.41) is 8.81. The molecule has 0 aliphatic heterocycles. The highest BCUT2D eigenvalue weighted by Crippen LogP contribution is 2.13. The molecule has 0 spiro atoms. The number of fused-ring (bicyclic) bond motifs is 1. The van der Waals surface area contributed by atoms with E-state index in [1.165, 1.54) is 6.07 Å². The number of aryl methyl sites for hydroxylation is 2. The summed E-state index contributed by atoms with van der Waals surface area (Å²) in [7, 11) is 1.84. The van der Waals surface area contributed by atoms with Crippen LogP contribution in [0, 0.1) is 0 Å². The molecule has 0 bridgehead atoms. The van der Waals surface area contributed by atoms with E-state index >= 15 is 0 Å². The Hall–Kier alpha value is -1.91. The molecule has 2 aromatic heterocycles. The summed E-state index contributed by atoms with van der Waals surface area (Å²) in [5.74, 6) is -0.115. The molecule has 0 atom stereocenters. The number of hydrogen-bond acceptors (Lipinski definition) is 3. The Labute approximate surface area is 86.4 Å². The van der Waals surface area contributed by atoms with Crippen molar-refractivity contribution >= 4 is 17.1 Å². The fourth-order valence-electron chi connectivity index (χ4n) is 1.55. The minimum Gasteiger partial charge on any atom is -0.477 e. The van der Waals surface area contributed by atoms with Gasteiger partial charge in [0.15, 0.2) is 11.3 Å². The van der Waals surface area contributed by atoms with Crippen LogP contribution in [-0.2, 0) is 13.5 Å². The maximum absolute atomic E-state index is 10.7. The van der Waals surface area contributed by atoms with Crippen molar-refractivity contribution in [2.75, 3.05) is 0 Å². The Morgan fingerprint density at radius 2 is 2.20 bits per heavy atom. The van der Waals surface area contributed by atoms with Gasteiger partial charge in [0.25, 0.3) is 0 Å². The van der Waals surface area contributed by atoms with Crippen molar-refractivity contribution in [3.63, 3.8) is 0 Å². The number of imidazole rings is 1. The normalized spacial score (nSPS) is 10.8. The van der Waals surface area contributed by atoms with Crippen molar-refractivity contribution in [2.45, 2.75) is 13.3 Å². The summed E-state index contributed by atoms with van der Waals surface area (Å²) in [5.41, 5.74) is 1.40. The largest absolute Gasteiger partial charge is 0.477 e. The standard InChI is InChI=1S/C10H11N3O2/c1-3-8-11-6-4-5-7(10(14)15)12-9(6)13(8)2/h4-5H,3H2,1-2H3,(H,14,15). The molecule has 0 saturated heterocycles. The monoisotopic (exact) mass is 205 g/mol. The van der Waals surface area contributed by atoms with E-state index in [1.807, 2.05) is 18.5 Å². The average molecular weight is 205 g/mol. The zero-order valence-corrected chi connectivity index (χ0v) is 8.56. The van der Waals surface area contributed by atoms with Crippen molar-refractivity contribution < 1.29 is 9.90 Å². The Bertz CT molecular complexity index is 531. The number of carbonyl (C=O) groups is 1. The van der Waals surface area contributed by atoms with Crippen LogP contribution in [-0.4, -0.2) is 25.6 Å². The molecule has 5 heteroatoms. The predicted octanol–water partition coefficient (Wildman–Crippen LogP) is 1.23. The Morgan fingerprint density at radius 1 is 1.47 bits per heavy atom. The molecular formula is C10H11N3O2. The molecule has 0 aliphatic rings. The minimum atomic E-state index is -1.02. The van der Waals surface area contributed by atoms with Crippen LogP contribution in [0.3, 0.4) is 0 Å². The van der Waals surface area contributed by atoms with Crippen molar-refractivity contribution in [3.8, 4) is 0 Å². The summed E-state index contributed by atoms with van der Waals surface area (Å²) < 4.78 is 1.82. The second kappa shape index (κ2) is 3.34. The van der Waals surface area contributed by atoms with Crippen LogP contribution in [0.4, 0.5) is 0 Å². The quantitative estimate of drug-likeness (QED) is 0.800. The van der Waals surface area contributed by atoms with Gasteiger partial charge in [0.2, 0.25) is 0 Å². The lowest BCUT2D eigenvalue weighted by atomic mass is 10.3. The van der Waals surface area contributed by atoms with Crippen LogP contribution >= 0.6 is 0 Å². The smallest absolute Gasteiger partial charge is 0.354 e. The summed E-state index contributed by atoms with van der Waals surface area (Å²) in [6.07, 6.45) is 0.801. The van der Waals surface area contributed by atoms with Gasteiger partial charge in [0.1, 0.15) is 11.3 Å². The molecular weight excluding hydrogens is 194 g/mol. The molecule has 0 saturated carbocycles. The van der Waals surface area contributed by atoms with Crippen LogP contribution < -0.4 is 0 Å². The second-order valence-corrected chi connectivity index (χ2v) is 3.28. The lowest BCUT2D eigenvalue weighted by Gasteiger charge is -1.98. The van der Waals surface area contributed by atoms with Gasteiger partial charge in [-0.05, 0) is 12.1 Å². The summed E-state index contributed by atoms with van der Waals surface area (Å²) in [4.78, 5) is 19.1. The van der Waals surface area contributed by atoms with E-state index in [-0.39, 0.29) is 5.69 Å². The molecule has 78 valence electrons. The van der Waals surface area contributed by atoms with E-state index < -0.39 is 5.97 Å². The third kappa shape index (κ3) is 1.45.